The average molecular weight is 279 g/mol. The number of hydrogen-bond donors (Lipinski definition) is 1. The molecule has 0 aliphatic heterocycles. The summed E-state index contributed by atoms with van der Waals surface area (Å²) < 4.78 is 1.64. The molecule has 106 valence electrons. The summed E-state index contributed by atoms with van der Waals surface area (Å²) in [7, 11) is 0. The van der Waals surface area contributed by atoms with Gasteiger partial charge in [-0.05, 0) is 53.1 Å². The Morgan fingerprint density at radius 3 is 2.48 bits per heavy atom. The van der Waals surface area contributed by atoms with Gasteiger partial charge in [0.1, 0.15) is 6.33 Å². The number of benzene rings is 2. The van der Waals surface area contributed by atoms with Crippen LogP contribution < -0.4 is 5.32 Å². The molecule has 3 rings (SSSR count). The summed E-state index contributed by atoms with van der Waals surface area (Å²) in [5.41, 5.74) is 3.45. The van der Waals surface area contributed by atoms with E-state index in [1.807, 2.05) is 30.3 Å². The van der Waals surface area contributed by atoms with Crippen molar-refractivity contribution in [1.82, 2.24) is 20.2 Å². The molecule has 0 spiro atoms. The Morgan fingerprint density at radius 1 is 0.952 bits per heavy atom. The number of nitrogens with one attached hydrogen (secondary N) is 1. The molecule has 5 nitrogen and oxygen atoms in total. The number of aromatic nitrogens is 4. The number of tetrazole rings is 1. The smallest absolute Gasteiger partial charge is 0.143 e. The van der Waals surface area contributed by atoms with Crippen molar-refractivity contribution in [2.45, 2.75) is 12.8 Å². The zero-order valence-electron chi connectivity index (χ0n) is 11.7. The first-order valence-electron chi connectivity index (χ1n) is 7.03. The van der Waals surface area contributed by atoms with Crippen molar-refractivity contribution in [3.8, 4) is 5.69 Å². The Labute approximate surface area is 123 Å². The molecule has 0 amide bonds. The van der Waals surface area contributed by atoms with Gasteiger partial charge in [0.2, 0.25) is 0 Å². The van der Waals surface area contributed by atoms with E-state index in [0.29, 0.717) is 0 Å². The summed E-state index contributed by atoms with van der Waals surface area (Å²) in [5.74, 6) is 0. The minimum atomic E-state index is 0.954. The van der Waals surface area contributed by atoms with Gasteiger partial charge in [0.15, 0.2) is 0 Å². The van der Waals surface area contributed by atoms with Gasteiger partial charge in [-0.1, -0.05) is 30.3 Å². The molecule has 2 aromatic carbocycles. The molecule has 0 saturated heterocycles. The SMILES string of the molecule is c1ccc(CCCNc2ccc(-n3cnnn3)cc2)cc1. The third kappa shape index (κ3) is 3.66. The van der Waals surface area contributed by atoms with Crippen molar-refractivity contribution < 1.29 is 0 Å². The standard InChI is InChI=1S/C16H17N5/c1-2-5-14(6-3-1)7-4-12-17-15-8-10-16(11-9-15)21-13-18-19-20-21/h1-3,5-6,8-11,13,17H,4,7,12H2. The molecule has 0 fully saturated rings. The van der Waals surface area contributed by atoms with E-state index >= 15 is 0 Å². The van der Waals surface area contributed by atoms with Crippen LogP contribution in [-0.4, -0.2) is 26.8 Å². The molecule has 0 aliphatic carbocycles. The second kappa shape index (κ2) is 6.65. The van der Waals surface area contributed by atoms with Crippen LogP contribution in [0.25, 0.3) is 5.69 Å². The fraction of sp³-hybridized carbons (Fsp3) is 0.188. The molecule has 21 heavy (non-hydrogen) atoms. The topological polar surface area (TPSA) is 55.6 Å². The first-order chi connectivity index (χ1) is 10.4. The Morgan fingerprint density at radius 2 is 1.76 bits per heavy atom. The molecule has 0 atom stereocenters. The van der Waals surface area contributed by atoms with Gasteiger partial charge in [0.25, 0.3) is 0 Å². The first-order valence-corrected chi connectivity index (χ1v) is 7.03. The molecule has 0 unspecified atom stereocenters. The second-order valence-electron chi connectivity index (χ2n) is 4.82. The van der Waals surface area contributed by atoms with Crippen molar-refractivity contribution in [1.29, 1.82) is 0 Å². The highest BCUT2D eigenvalue weighted by molar-refractivity contribution is 5.48. The minimum Gasteiger partial charge on any atom is -0.385 e. The predicted octanol–water partition coefficient (Wildman–Crippen LogP) is 2.71. The quantitative estimate of drug-likeness (QED) is 0.705. The van der Waals surface area contributed by atoms with E-state index in [4.69, 9.17) is 0 Å². The molecule has 0 radical (unpaired) electrons. The fourth-order valence-corrected chi connectivity index (χ4v) is 2.18. The third-order valence-corrected chi connectivity index (χ3v) is 3.30. The van der Waals surface area contributed by atoms with Gasteiger partial charge in [0, 0.05) is 12.2 Å². The van der Waals surface area contributed by atoms with Crippen LogP contribution in [-0.2, 0) is 6.42 Å². The van der Waals surface area contributed by atoms with E-state index < -0.39 is 0 Å². The molecule has 3 aromatic rings. The van der Waals surface area contributed by atoms with Gasteiger partial charge < -0.3 is 5.32 Å². The van der Waals surface area contributed by atoms with Crippen molar-refractivity contribution in [2.75, 3.05) is 11.9 Å². The van der Waals surface area contributed by atoms with E-state index in [0.717, 1.165) is 30.8 Å². The molecule has 1 N–H and O–H groups in total. The Hall–Kier alpha value is -2.69. The van der Waals surface area contributed by atoms with Crippen LogP contribution in [0.3, 0.4) is 0 Å². The summed E-state index contributed by atoms with van der Waals surface area (Å²) in [6.07, 6.45) is 3.79. The molecule has 1 aromatic heterocycles. The first kappa shape index (κ1) is 13.3. The van der Waals surface area contributed by atoms with E-state index in [-0.39, 0.29) is 0 Å². The molecular weight excluding hydrogens is 262 g/mol. The van der Waals surface area contributed by atoms with Crippen LogP contribution in [0, 0.1) is 0 Å². The summed E-state index contributed by atoms with van der Waals surface area (Å²) in [6, 6.07) is 18.6. The predicted molar refractivity (Wildman–Crippen MR) is 82.4 cm³/mol. The fourth-order valence-electron chi connectivity index (χ4n) is 2.18. The van der Waals surface area contributed by atoms with E-state index in [1.165, 1.54) is 5.56 Å². The maximum Gasteiger partial charge on any atom is 0.143 e. The summed E-state index contributed by atoms with van der Waals surface area (Å²) in [6.45, 7) is 0.957. The lowest BCUT2D eigenvalue weighted by molar-refractivity contribution is 0.789. The van der Waals surface area contributed by atoms with Gasteiger partial charge in [-0.3, -0.25) is 0 Å². The summed E-state index contributed by atoms with van der Waals surface area (Å²) >= 11 is 0. The number of hydrogen-bond acceptors (Lipinski definition) is 4. The number of rotatable bonds is 6. The lowest BCUT2D eigenvalue weighted by atomic mass is 10.1. The molecule has 5 heteroatoms. The largest absolute Gasteiger partial charge is 0.385 e. The van der Waals surface area contributed by atoms with Gasteiger partial charge in [-0.15, -0.1) is 5.10 Å². The normalized spacial score (nSPS) is 10.5. The Balaban J connectivity index is 1.47. The lowest BCUT2D eigenvalue weighted by Crippen LogP contribution is -2.03. The van der Waals surface area contributed by atoms with Crippen LogP contribution in [0.5, 0.6) is 0 Å². The maximum absolute atomic E-state index is 3.86. The van der Waals surface area contributed by atoms with Crippen molar-refractivity contribution >= 4 is 5.69 Å². The summed E-state index contributed by atoms with van der Waals surface area (Å²) in [5, 5.41) is 14.5. The van der Waals surface area contributed by atoms with Gasteiger partial charge in [-0.25, -0.2) is 4.68 Å². The van der Waals surface area contributed by atoms with Gasteiger partial charge in [0.05, 0.1) is 5.69 Å². The molecule has 0 saturated carbocycles. The monoisotopic (exact) mass is 279 g/mol. The molecule has 1 heterocycles. The summed E-state index contributed by atoms with van der Waals surface area (Å²) in [4.78, 5) is 0. The van der Waals surface area contributed by atoms with Crippen LogP contribution in [0.4, 0.5) is 5.69 Å². The highest BCUT2D eigenvalue weighted by Crippen LogP contribution is 2.12. The lowest BCUT2D eigenvalue weighted by Gasteiger charge is -2.07. The van der Waals surface area contributed by atoms with Gasteiger partial charge >= 0.3 is 0 Å². The highest BCUT2D eigenvalue weighted by Gasteiger charge is 1.98. The van der Waals surface area contributed by atoms with Crippen molar-refractivity contribution in [2.24, 2.45) is 0 Å². The average Bonchev–Trinajstić information content (AvgIpc) is 3.08. The maximum atomic E-state index is 3.86. The van der Waals surface area contributed by atoms with Crippen LogP contribution >= 0.6 is 0 Å². The van der Waals surface area contributed by atoms with E-state index in [9.17, 15) is 0 Å². The number of nitrogens with zero attached hydrogens (tertiary/aromatic N) is 4. The zero-order valence-corrected chi connectivity index (χ0v) is 11.7. The Kier molecular flexibility index (Phi) is 4.21. The van der Waals surface area contributed by atoms with Crippen LogP contribution in [0.1, 0.15) is 12.0 Å². The van der Waals surface area contributed by atoms with Crippen molar-refractivity contribution in [3.05, 3.63) is 66.5 Å². The van der Waals surface area contributed by atoms with E-state index in [1.54, 1.807) is 11.0 Å². The zero-order chi connectivity index (χ0) is 14.3. The minimum absolute atomic E-state index is 0.954. The third-order valence-electron chi connectivity index (χ3n) is 3.30. The number of aryl methyl sites for hydroxylation is 1. The van der Waals surface area contributed by atoms with Crippen molar-refractivity contribution in [3.63, 3.8) is 0 Å². The van der Waals surface area contributed by atoms with Gasteiger partial charge in [-0.2, -0.15) is 0 Å². The van der Waals surface area contributed by atoms with Crippen LogP contribution in [0.15, 0.2) is 60.9 Å². The highest BCUT2D eigenvalue weighted by atomic mass is 15.5. The molecule has 0 aliphatic rings. The van der Waals surface area contributed by atoms with E-state index in [2.05, 4.69) is 45.1 Å². The Bertz CT molecular complexity index is 647. The number of anilines is 1. The second-order valence-corrected chi connectivity index (χ2v) is 4.82. The molecule has 0 bridgehead atoms. The van der Waals surface area contributed by atoms with Crippen LogP contribution in [0.2, 0.25) is 0 Å². The molecular formula is C16H17N5.